The molecular formula is C23H19N3O3. The molecule has 0 aliphatic carbocycles. The van der Waals surface area contributed by atoms with Crippen LogP contribution >= 0.6 is 0 Å². The highest BCUT2D eigenvalue weighted by atomic mass is 16.5. The predicted octanol–water partition coefficient (Wildman–Crippen LogP) is 4.71. The lowest BCUT2D eigenvalue weighted by atomic mass is 9.94. The number of carboxylic acids is 1. The molecule has 0 radical (unpaired) electrons. The van der Waals surface area contributed by atoms with E-state index in [1.807, 2.05) is 36.4 Å². The summed E-state index contributed by atoms with van der Waals surface area (Å²) >= 11 is 0. The molecule has 0 unspecified atom stereocenters. The normalized spacial score (nSPS) is 10.7. The number of nitrogens with zero attached hydrogens (tertiary/aromatic N) is 2. The molecule has 0 saturated heterocycles. The molecule has 6 heteroatoms. The molecule has 1 aromatic heterocycles. The number of carbonyl (C=O) groups is 1. The minimum absolute atomic E-state index is 0.233. The number of anilines is 1. The van der Waals surface area contributed by atoms with Crippen LogP contribution in [-0.2, 0) is 0 Å². The SMILES string of the molecule is CNc1ncc2c(-c3ccccc3)cc(-c3ccc(C(=O)O)cc3)c(OC)c2n1. The zero-order valence-electron chi connectivity index (χ0n) is 16.0. The third kappa shape index (κ3) is 3.36. The van der Waals surface area contributed by atoms with Gasteiger partial charge in [0, 0.05) is 24.2 Å². The van der Waals surface area contributed by atoms with Crippen molar-refractivity contribution in [2.24, 2.45) is 0 Å². The Morgan fingerprint density at radius 1 is 1.00 bits per heavy atom. The highest BCUT2D eigenvalue weighted by Crippen LogP contribution is 2.41. The van der Waals surface area contributed by atoms with Crippen molar-refractivity contribution in [1.29, 1.82) is 0 Å². The number of aromatic carboxylic acids is 1. The molecule has 29 heavy (non-hydrogen) atoms. The molecule has 4 rings (SSSR count). The fourth-order valence-electron chi connectivity index (χ4n) is 3.36. The number of aromatic nitrogens is 2. The number of hydrogen-bond acceptors (Lipinski definition) is 5. The first-order valence-corrected chi connectivity index (χ1v) is 9.07. The maximum atomic E-state index is 11.2. The maximum absolute atomic E-state index is 11.2. The lowest BCUT2D eigenvalue weighted by Crippen LogP contribution is -2.00. The molecule has 0 amide bonds. The molecule has 4 aromatic rings. The number of rotatable bonds is 5. The Balaban J connectivity index is 2.04. The first-order valence-electron chi connectivity index (χ1n) is 9.07. The van der Waals surface area contributed by atoms with Gasteiger partial charge < -0.3 is 15.2 Å². The van der Waals surface area contributed by atoms with E-state index in [2.05, 4.69) is 15.3 Å². The van der Waals surface area contributed by atoms with E-state index in [0.717, 1.165) is 27.6 Å². The Morgan fingerprint density at radius 3 is 2.31 bits per heavy atom. The summed E-state index contributed by atoms with van der Waals surface area (Å²) in [5.74, 6) is 0.147. The number of ether oxygens (including phenoxy) is 1. The number of methoxy groups -OCH3 is 1. The van der Waals surface area contributed by atoms with Crippen LogP contribution in [0.3, 0.4) is 0 Å². The van der Waals surface area contributed by atoms with Crippen molar-refractivity contribution < 1.29 is 14.6 Å². The average molecular weight is 385 g/mol. The molecular weight excluding hydrogens is 366 g/mol. The van der Waals surface area contributed by atoms with Crippen molar-refractivity contribution in [1.82, 2.24) is 9.97 Å². The number of hydrogen-bond donors (Lipinski definition) is 2. The highest BCUT2D eigenvalue weighted by Gasteiger charge is 2.18. The summed E-state index contributed by atoms with van der Waals surface area (Å²) < 4.78 is 5.75. The van der Waals surface area contributed by atoms with Crippen LogP contribution in [0.1, 0.15) is 10.4 Å². The van der Waals surface area contributed by atoms with Gasteiger partial charge in [0.05, 0.1) is 12.7 Å². The number of fused-ring (bicyclic) bond motifs is 1. The average Bonchev–Trinajstić information content (AvgIpc) is 2.78. The van der Waals surface area contributed by atoms with Gasteiger partial charge in [-0.25, -0.2) is 14.8 Å². The predicted molar refractivity (Wildman–Crippen MR) is 113 cm³/mol. The number of nitrogens with one attached hydrogen (secondary N) is 1. The summed E-state index contributed by atoms with van der Waals surface area (Å²) in [6.07, 6.45) is 1.79. The van der Waals surface area contributed by atoms with Crippen LogP contribution in [0.5, 0.6) is 5.75 Å². The highest BCUT2D eigenvalue weighted by molar-refractivity contribution is 6.03. The van der Waals surface area contributed by atoms with Crippen LogP contribution in [-0.4, -0.2) is 35.2 Å². The van der Waals surface area contributed by atoms with Gasteiger partial charge in [-0.2, -0.15) is 0 Å². The van der Waals surface area contributed by atoms with E-state index in [0.29, 0.717) is 17.2 Å². The summed E-state index contributed by atoms with van der Waals surface area (Å²) in [7, 11) is 3.37. The van der Waals surface area contributed by atoms with Gasteiger partial charge in [-0.1, -0.05) is 42.5 Å². The lowest BCUT2D eigenvalue weighted by molar-refractivity contribution is 0.0697. The Bertz CT molecular complexity index is 1190. The van der Waals surface area contributed by atoms with E-state index >= 15 is 0 Å². The molecule has 0 bridgehead atoms. The standard InChI is InChI=1S/C23H19N3O3/c1-24-23-25-13-19-17(14-6-4-3-5-7-14)12-18(21(29-2)20(19)26-23)15-8-10-16(11-9-15)22(27)28/h3-13H,1-2H3,(H,27,28)(H,24,25,26). The van der Waals surface area contributed by atoms with E-state index in [-0.39, 0.29) is 5.56 Å². The van der Waals surface area contributed by atoms with E-state index in [1.54, 1.807) is 44.6 Å². The molecule has 0 spiro atoms. The Hall–Kier alpha value is -3.93. The molecule has 0 saturated carbocycles. The molecule has 0 aliphatic heterocycles. The molecule has 3 aromatic carbocycles. The first-order chi connectivity index (χ1) is 14.1. The van der Waals surface area contributed by atoms with Crippen LogP contribution in [0, 0.1) is 0 Å². The van der Waals surface area contributed by atoms with Crippen LogP contribution in [0.15, 0.2) is 66.9 Å². The van der Waals surface area contributed by atoms with Crippen molar-refractivity contribution in [2.45, 2.75) is 0 Å². The second-order valence-corrected chi connectivity index (χ2v) is 6.46. The van der Waals surface area contributed by atoms with Gasteiger partial charge in [0.15, 0.2) is 5.75 Å². The molecule has 0 atom stereocenters. The van der Waals surface area contributed by atoms with E-state index < -0.39 is 5.97 Å². The fraction of sp³-hybridized carbons (Fsp3) is 0.0870. The number of carboxylic acid groups (broad SMARTS) is 1. The van der Waals surface area contributed by atoms with Crippen LogP contribution in [0.25, 0.3) is 33.2 Å². The van der Waals surface area contributed by atoms with Gasteiger partial charge in [-0.15, -0.1) is 0 Å². The van der Waals surface area contributed by atoms with Gasteiger partial charge >= 0.3 is 5.97 Å². The second kappa shape index (κ2) is 7.59. The van der Waals surface area contributed by atoms with Gasteiger partial charge in [-0.3, -0.25) is 0 Å². The quantitative estimate of drug-likeness (QED) is 0.517. The third-order valence-corrected chi connectivity index (χ3v) is 4.78. The monoisotopic (exact) mass is 385 g/mol. The van der Waals surface area contributed by atoms with Crippen molar-refractivity contribution in [2.75, 3.05) is 19.5 Å². The molecule has 1 heterocycles. The van der Waals surface area contributed by atoms with Gasteiger partial charge in [0.1, 0.15) is 5.52 Å². The molecule has 144 valence electrons. The zero-order chi connectivity index (χ0) is 20.4. The largest absolute Gasteiger partial charge is 0.494 e. The lowest BCUT2D eigenvalue weighted by Gasteiger charge is -2.16. The van der Waals surface area contributed by atoms with Crippen molar-refractivity contribution >= 4 is 22.8 Å². The van der Waals surface area contributed by atoms with Crippen molar-refractivity contribution in [3.63, 3.8) is 0 Å². The van der Waals surface area contributed by atoms with Crippen LogP contribution in [0.4, 0.5) is 5.95 Å². The topological polar surface area (TPSA) is 84.3 Å². The van der Waals surface area contributed by atoms with Crippen LogP contribution in [0.2, 0.25) is 0 Å². The van der Waals surface area contributed by atoms with Gasteiger partial charge in [0.25, 0.3) is 0 Å². The van der Waals surface area contributed by atoms with E-state index in [9.17, 15) is 9.90 Å². The molecule has 2 N–H and O–H groups in total. The van der Waals surface area contributed by atoms with Gasteiger partial charge in [0.2, 0.25) is 5.95 Å². The zero-order valence-corrected chi connectivity index (χ0v) is 16.0. The fourth-order valence-corrected chi connectivity index (χ4v) is 3.36. The Labute approximate surface area is 167 Å². The summed E-state index contributed by atoms with van der Waals surface area (Å²) in [6, 6.07) is 18.8. The molecule has 0 aliphatic rings. The Kier molecular flexibility index (Phi) is 4.83. The minimum atomic E-state index is -0.960. The smallest absolute Gasteiger partial charge is 0.335 e. The minimum Gasteiger partial charge on any atom is -0.494 e. The number of benzene rings is 3. The van der Waals surface area contributed by atoms with E-state index in [1.165, 1.54) is 0 Å². The maximum Gasteiger partial charge on any atom is 0.335 e. The summed E-state index contributed by atoms with van der Waals surface area (Å²) in [4.78, 5) is 20.2. The molecule has 0 fully saturated rings. The molecule has 6 nitrogen and oxygen atoms in total. The third-order valence-electron chi connectivity index (χ3n) is 4.78. The summed E-state index contributed by atoms with van der Waals surface area (Å²) in [5, 5.41) is 13.0. The summed E-state index contributed by atoms with van der Waals surface area (Å²) in [6.45, 7) is 0. The van der Waals surface area contributed by atoms with E-state index in [4.69, 9.17) is 4.74 Å². The Morgan fingerprint density at radius 2 is 1.69 bits per heavy atom. The van der Waals surface area contributed by atoms with Crippen molar-refractivity contribution in [3.05, 3.63) is 72.4 Å². The van der Waals surface area contributed by atoms with Crippen LogP contribution < -0.4 is 10.1 Å². The second-order valence-electron chi connectivity index (χ2n) is 6.46. The van der Waals surface area contributed by atoms with Gasteiger partial charge in [-0.05, 0) is 34.9 Å². The van der Waals surface area contributed by atoms with Crippen molar-refractivity contribution in [3.8, 4) is 28.0 Å². The summed E-state index contributed by atoms with van der Waals surface area (Å²) in [5.41, 5.74) is 4.60. The first kappa shape index (κ1) is 18.4.